The second-order valence-electron chi connectivity index (χ2n) is 2.44. The van der Waals surface area contributed by atoms with Crippen LogP contribution in [0.1, 0.15) is 0 Å². The van der Waals surface area contributed by atoms with Crippen LogP contribution in [0.25, 0.3) is 5.52 Å². The van der Waals surface area contributed by atoms with Gasteiger partial charge in [-0.2, -0.15) is 5.10 Å². The Hall–Kier alpha value is -2.11. The number of nitrogens with one attached hydrogen (secondary N) is 1. The summed E-state index contributed by atoms with van der Waals surface area (Å²) in [5.41, 5.74) is -1.29. The largest absolute Gasteiger partial charge is 0.502 e. The van der Waals surface area contributed by atoms with E-state index in [-0.39, 0.29) is 5.52 Å². The standard InChI is InChI=1S/C7H5N3O3/c11-4-1-2-10-5(6(4)12)7(13)8-3-9-10/h1-3,12H,(H,8,9,13). The molecular weight excluding hydrogens is 174 g/mol. The van der Waals surface area contributed by atoms with Crippen molar-refractivity contribution in [1.29, 1.82) is 0 Å². The van der Waals surface area contributed by atoms with E-state index >= 15 is 0 Å². The first-order valence-electron chi connectivity index (χ1n) is 3.48. The molecule has 0 aromatic carbocycles. The zero-order valence-corrected chi connectivity index (χ0v) is 6.39. The van der Waals surface area contributed by atoms with Gasteiger partial charge in [0, 0.05) is 12.3 Å². The molecule has 2 aromatic heterocycles. The minimum Gasteiger partial charge on any atom is -0.502 e. The molecular formula is C7H5N3O3. The highest BCUT2D eigenvalue weighted by atomic mass is 16.3. The first-order valence-corrected chi connectivity index (χ1v) is 3.48. The third-order valence-electron chi connectivity index (χ3n) is 1.65. The van der Waals surface area contributed by atoms with E-state index < -0.39 is 16.7 Å². The maximum atomic E-state index is 11.1. The van der Waals surface area contributed by atoms with Gasteiger partial charge in [0.2, 0.25) is 5.43 Å². The van der Waals surface area contributed by atoms with E-state index in [9.17, 15) is 14.7 Å². The first-order chi connectivity index (χ1) is 6.20. The maximum Gasteiger partial charge on any atom is 0.279 e. The lowest BCUT2D eigenvalue weighted by Crippen LogP contribution is -2.16. The molecule has 0 aliphatic rings. The van der Waals surface area contributed by atoms with Crippen LogP contribution >= 0.6 is 0 Å². The van der Waals surface area contributed by atoms with Gasteiger partial charge in [-0.1, -0.05) is 0 Å². The Morgan fingerprint density at radius 1 is 1.46 bits per heavy atom. The van der Waals surface area contributed by atoms with Crippen LogP contribution in [0.4, 0.5) is 0 Å². The molecule has 6 heteroatoms. The van der Waals surface area contributed by atoms with Gasteiger partial charge in [-0.3, -0.25) is 9.59 Å². The number of fused-ring (bicyclic) bond motifs is 1. The van der Waals surface area contributed by atoms with Gasteiger partial charge >= 0.3 is 0 Å². The highest BCUT2D eigenvalue weighted by Gasteiger charge is 2.06. The predicted octanol–water partition coefficient (Wildman–Crippen LogP) is -0.912. The van der Waals surface area contributed by atoms with Crippen LogP contribution in [0.3, 0.4) is 0 Å². The first kappa shape index (κ1) is 7.53. The summed E-state index contributed by atoms with van der Waals surface area (Å²) in [6, 6.07) is 1.13. The minimum atomic E-state index is -0.599. The number of pyridine rings is 1. The van der Waals surface area contributed by atoms with Crippen molar-refractivity contribution in [2.75, 3.05) is 0 Å². The van der Waals surface area contributed by atoms with Gasteiger partial charge < -0.3 is 10.1 Å². The Bertz CT molecular complexity index is 569. The summed E-state index contributed by atoms with van der Waals surface area (Å²) in [4.78, 5) is 24.3. The van der Waals surface area contributed by atoms with E-state index in [0.717, 1.165) is 10.6 Å². The fraction of sp³-hybridized carbons (Fsp3) is 0. The molecule has 2 aromatic rings. The van der Waals surface area contributed by atoms with Gasteiger partial charge in [-0.15, -0.1) is 0 Å². The number of aromatic amines is 1. The summed E-state index contributed by atoms with van der Waals surface area (Å²) in [6.45, 7) is 0. The van der Waals surface area contributed by atoms with Crippen molar-refractivity contribution in [3.05, 3.63) is 39.2 Å². The van der Waals surface area contributed by atoms with E-state index in [1.54, 1.807) is 0 Å². The topological polar surface area (TPSA) is 87.5 Å². The second kappa shape index (κ2) is 2.44. The van der Waals surface area contributed by atoms with Gasteiger partial charge in [0.25, 0.3) is 5.56 Å². The van der Waals surface area contributed by atoms with Crippen LogP contribution in [-0.2, 0) is 0 Å². The third kappa shape index (κ3) is 0.994. The van der Waals surface area contributed by atoms with Crippen molar-refractivity contribution < 1.29 is 5.11 Å². The number of H-pyrrole nitrogens is 1. The molecule has 6 nitrogen and oxygen atoms in total. The van der Waals surface area contributed by atoms with Crippen molar-refractivity contribution in [1.82, 2.24) is 14.6 Å². The van der Waals surface area contributed by atoms with E-state index in [1.807, 2.05) is 0 Å². The molecule has 2 N–H and O–H groups in total. The van der Waals surface area contributed by atoms with Crippen molar-refractivity contribution >= 4 is 5.52 Å². The summed E-state index contributed by atoms with van der Waals surface area (Å²) < 4.78 is 1.13. The Kier molecular flexibility index (Phi) is 1.42. The number of nitrogens with zero attached hydrogens (tertiary/aromatic N) is 2. The average Bonchev–Trinajstić information content (AvgIpc) is 2.12. The molecule has 0 saturated heterocycles. The SMILES string of the molecule is O=c1ccn2nc[nH]c(=O)c2c1O. The third-order valence-corrected chi connectivity index (χ3v) is 1.65. The Morgan fingerprint density at radius 2 is 2.23 bits per heavy atom. The zero-order valence-electron chi connectivity index (χ0n) is 6.39. The lowest BCUT2D eigenvalue weighted by atomic mass is 10.4. The van der Waals surface area contributed by atoms with Crippen LogP contribution in [0, 0.1) is 0 Å². The van der Waals surface area contributed by atoms with Crippen LogP contribution in [0.15, 0.2) is 28.2 Å². The molecule has 2 rings (SSSR count). The van der Waals surface area contributed by atoms with Gasteiger partial charge in [0.1, 0.15) is 6.33 Å². The molecule has 13 heavy (non-hydrogen) atoms. The number of aromatic nitrogens is 3. The van der Waals surface area contributed by atoms with E-state index in [0.29, 0.717) is 0 Å². The fourth-order valence-corrected chi connectivity index (χ4v) is 1.04. The Balaban J connectivity index is 3.15. The fourth-order valence-electron chi connectivity index (χ4n) is 1.04. The molecule has 0 atom stereocenters. The van der Waals surface area contributed by atoms with Crippen LogP contribution in [0.2, 0.25) is 0 Å². The normalized spacial score (nSPS) is 10.5. The van der Waals surface area contributed by atoms with Gasteiger partial charge in [0.15, 0.2) is 11.3 Å². The summed E-state index contributed by atoms with van der Waals surface area (Å²) in [7, 11) is 0. The molecule has 0 spiro atoms. The molecule has 0 radical (unpaired) electrons. The predicted molar refractivity (Wildman–Crippen MR) is 43.7 cm³/mol. The molecule has 0 aliphatic carbocycles. The van der Waals surface area contributed by atoms with Crippen LogP contribution < -0.4 is 11.0 Å². The van der Waals surface area contributed by atoms with Crippen LogP contribution in [0.5, 0.6) is 5.75 Å². The summed E-state index contributed by atoms with van der Waals surface area (Å²) in [6.07, 6.45) is 2.49. The van der Waals surface area contributed by atoms with Crippen molar-refractivity contribution in [2.24, 2.45) is 0 Å². The van der Waals surface area contributed by atoms with Crippen LogP contribution in [-0.4, -0.2) is 19.7 Å². The van der Waals surface area contributed by atoms with Crippen molar-refractivity contribution in [3.8, 4) is 5.75 Å². The summed E-state index contributed by atoms with van der Waals surface area (Å²) in [5.74, 6) is -0.586. The highest BCUT2D eigenvalue weighted by Crippen LogP contribution is 2.04. The van der Waals surface area contributed by atoms with E-state index in [1.165, 1.54) is 12.5 Å². The smallest absolute Gasteiger partial charge is 0.279 e. The summed E-state index contributed by atoms with van der Waals surface area (Å²) in [5, 5.41) is 13.0. The Labute approximate surface area is 71.1 Å². The number of hydrogen-bond acceptors (Lipinski definition) is 4. The number of rotatable bonds is 0. The van der Waals surface area contributed by atoms with Gasteiger partial charge in [0.05, 0.1) is 0 Å². The maximum absolute atomic E-state index is 11.1. The van der Waals surface area contributed by atoms with Crippen molar-refractivity contribution in [2.45, 2.75) is 0 Å². The molecule has 0 saturated carbocycles. The van der Waals surface area contributed by atoms with Crippen molar-refractivity contribution in [3.63, 3.8) is 0 Å². The lowest BCUT2D eigenvalue weighted by Gasteiger charge is -1.98. The molecule has 0 amide bonds. The molecule has 0 aliphatic heterocycles. The molecule has 66 valence electrons. The highest BCUT2D eigenvalue weighted by molar-refractivity contribution is 5.55. The monoisotopic (exact) mass is 179 g/mol. The van der Waals surface area contributed by atoms with E-state index in [2.05, 4.69) is 10.1 Å². The average molecular weight is 179 g/mol. The molecule has 0 bridgehead atoms. The Morgan fingerprint density at radius 3 is 3.00 bits per heavy atom. The van der Waals surface area contributed by atoms with Gasteiger partial charge in [-0.05, 0) is 0 Å². The lowest BCUT2D eigenvalue weighted by molar-refractivity contribution is 0.471. The molecule has 0 unspecified atom stereocenters. The van der Waals surface area contributed by atoms with E-state index in [4.69, 9.17) is 0 Å². The quantitative estimate of drug-likeness (QED) is 0.548. The number of aromatic hydroxyl groups is 1. The van der Waals surface area contributed by atoms with Gasteiger partial charge in [-0.25, -0.2) is 4.52 Å². The second-order valence-corrected chi connectivity index (χ2v) is 2.44. The zero-order chi connectivity index (χ0) is 9.42. The minimum absolute atomic E-state index is 0.144. The molecule has 0 fully saturated rings. The number of hydrogen-bond donors (Lipinski definition) is 2. The molecule has 2 heterocycles. The summed E-state index contributed by atoms with van der Waals surface area (Å²) >= 11 is 0.